The zero-order chi connectivity index (χ0) is 20.0. The lowest BCUT2D eigenvalue weighted by molar-refractivity contribution is 0.0956. The quantitative estimate of drug-likeness (QED) is 0.624. The number of carbonyl (C=O) groups is 1. The lowest BCUT2D eigenvalue weighted by Gasteiger charge is -2.11. The van der Waals surface area contributed by atoms with E-state index in [-0.39, 0.29) is 11.7 Å². The van der Waals surface area contributed by atoms with Gasteiger partial charge in [-0.25, -0.2) is 12.8 Å². The van der Waals surface area contributed by atoms with Crippen LogP contribution in [0.2, 0.25) is 5.02 Å². The first-order valence-electron chi connectivity index (χ1n) is 8.04. The van der Waals surface area contributed by atoms with Crippen LogP contribution in [0.3, 0.4) is 0 Å². The standard InChI is InChI=1S/C18H20ClFN2O3S2/c1-12-6-7-13(10-17(12)22-27(2,24)25)18(23)21-8-9-26-11-14-15(19)4-3-5-16(14)20/h3-7,10,22H,8-9,11H2,1-2H3,(H,21,23). The molecule has 9 heteroatoms. The fourth-order valence-corrected chi connectivity index (χ4v) is 4.07. The Morgan fingerprint density at radius 3 is 2.67 bits per heavy atom. The molecule has 0 aliphatic carbocycles. The Labute approximate surface area is 167 Å². The van der Waals surface area contributed by atoms with Crippen LogP contribution in [0.25, 0.3) is 0 Å². The predicted molar refractivity (Wildman–Crippen MR) is 110 cm³/mol. The van der Waals surface area contributed by atoms with Gasteiger partial charge in [-0.15, -0.1) is 0 Å². The largest absolute Gasteiger partial charge is 0.351 e. The third-order valence-electron chi connectivity index (χ3n) is 3.64. The summed E-state index contributed by atoms with van der Waals surface area (Å²) < 4.78 is 38.9. The minimum absolute atomic E-state index is 0.309. The highest BCUT2D eigenvalue weighted by Crippen LogP contribution is 2.23. The maximum atomic E-state index is 13.7. The van der Waals surface area contributed by atoms with E-state index in [4.69, 9.17) is 11.6 Å². The third kappa shape index (κ3) is 6.71. The average Bonchev–Trinajstić information content (AvgIpc) is 2.57. The molecule has 0 saturated heterocycles. The maximum absolute atomic E-state index is 13.7. The highest BCUT2D eigenvalue weighted by molar-refractivity contribution is 7.98. The molecule has 0 aromatic heterocycles. The van der Waals surface area contributed by atoms with Gasteiger partial charge in [0.1, 0.15) is 5.82 Å². The molecule has 146 valence electrons. The number of benzene rings is 2. The van der Waals surface area contributed by atoms with Crippen molar-refractivity contribution >= 4 is 45.0 Å². The van der Waals surface area contributed by atoms with Crippen LogP contribution in [0.4, 0.5) is 10.1 Å². The summed E-state index contributed by atoms with van der Waals surface area (Å²) in [6.45, 7) is 2.14. The number of thioether (sulfide) groups is 1. The van der Waals surface area contributed by atoms with Crippen molar-refractivity contribution in [3.8, 4) is 0 Å². The van der Waals surface area contributed by atoms with Gasteiger partial charge in [0.15, 0.2) is 0 Å². The molecule has 2 N–H and O–H groups in total. The fourth-order valence-electron chi connectivity index (χ4n) is 2.26. The second-order valence-electron chi connectivity index (χ2n) is 5.91. The van der Waals surface area contributed by atoms with Crippen molar-refractivity contribution in [2.24, 2.45) is 0 Å². The summed E-state index contributed by atoms with van der Waals surface area (Å²) in [5.74, 6) is 0.339. The van der Waals surface area contributed by atoms with Gasteiger partial charge < -0.3 is 5.32 Å². The first-order valence-corrected chi connectivity index (χ1v) is 11.5. The van der Waals surface area contributed by atoms with Crippen LogP contribution in [0.15, 0.2) is 36.4 Å². The Morgan fingerprint density at radius 1 is 1.26 bits per heavy atom. The van der Waals surface area contributed by atoms with Crippen LogP contribution in [0.1, 0.15) is 21.5 Å². The molecule has 0 atom stereocenters. The lowest BCUT2D eigenvalue weighted by atomic mass is 10.1. The summed E-state index contributed by atoms with van der Waals surface area (Å²) in [5, 5.41) is 3.15. The first-order chi connectivity index (χ1) is 12.7. The van der Waals surface area contributed by atoms with Gasteiger partial charge in [-0.05, 0) is 36.8 Å². The number of hydrogen-bond donors (Lipinski definition) is 2. The summed E-state index contributed by atoms with van der Waals surface area (Å²) in [6.07, 6.45) is 1.05. The molecule has 27 heavy (non-hydrogen) atoms. The number of sulfonamides is 1. The summed E-state index contributed by atoms with van der Waals surface area (Å²) in [6, 6.07) is 9.37. The van der Waals surface area contributed by atoms with Gasteiger partial charge in [0.05, 0.1) is 11.9 Å². The number of carbonyl (C=O) groups excluding carboxylic acids is 1. The second kappa shape index (κ2) is 9.43. The number of amides is 1. The van der Waals surface area contributed by atoms with Crippen molar-refractivity contribution in [1.29, 1.82) is 0 Å². The number of nitrogens with one attached hydrogen (secondary N) is 2. The molecular formula is C18H20ClFN2O3S2. The average molecular weight is 431 g/mol. The molecule has 0 saturated carbocycles. The molecule has 2 aromatic rings. The molecule has 0 bridgehead atoms. The molecular weight excluding hydrogens is 411 g/mol. The maximum Gasteiger partial charge on any atom is 0.251 e. The van der Waals surface area contributed by atoms with Gasteiger partial charge in [0.25, 0.3) is 5.91 Å². The van der Waals surface area contributed by atoms with Crippen LogP contribution < -0.4 is 10.0 Å². The Kier molecular flexibility index (Phi) is 7.52. The van der Waals surface area contributed by atoms with E-state index in [1.54, 1.807) is 31.2 Å². The number of halogens is 2. The van der Waals surface area contributed by atoms with Gasteiger partial charge >= 0.3 is 0 Å². The molecule has 5 nitrogen and oxygen atoms in total. The minimum Gasteiger partial charge on any atom is -0.351 e. The Bertz CT molecular complexity index is 916. The van der Waals surface area contributed by atoms with Crippen LogP contribution in [-0.4, -0.2) is 32.9 Å². The lowest BCUT2D eigenvalue weighted by Crippen LogP contribution is -2.26. The van der Waals surface area contributed by atoms with Crippen molar-refractivity contribution in [1.82, 2.24) is 5.32 Å². The van der Waals surface area contributed by atoms with Crippen molar-refractivity contribution in [3.63, 3.8) is 0 Å². The van der Waals surface area contributed by atoms with Gasteiger partial charge in [-0.3, -0.25) is 9.52 Å². The van der Waals surface area contributed by atoms with E-state index in [2.05, 4.69) is 10.0 Å². The molecule has 1 amide bonds. The topological polar surface area (TPSA) is 75.3 Å². The van der Waals surface area contributed by atoms with Crippen LogP contribution in [-0.2, 0) is 15.8 Å². The van der Waals surface area contributed by atoms with Gasteiger partial charge in [-0.2, -0.15) is 11.8 Å². The predicted octanol–water partition coefficient (Wildman–Crippen LogP) is 3.82. The van der Waals surface area contributed by atoms with E-state index in [1.165, 1.54) is 23.9 Å². The summed E-state index contributed by atoms with van der Waals surface area (Å²) in [5.41, 5.74) is 1.89. The second-order valence-corrected chi connectivity index (χ2v) is 9.17. The summed E-state index contributed by atoms with van der Waals surface area (Å²) in [7, 11) is -3.43. The monoisotopic (exact) mass is 430 g/mol. The van der Waals surface area contributed by atoms with E-state index in [1.807, 2.05) is 0 Å². The molecule has 0 spiro atoms. The van der Waals surface area contributed by atoms with E-state index in [0.29, 0.717) is 45.5 Å². The third-order valence-corrected chi connectivity index (χ3v) is 5.57. The minimum atomic E-state index is -3.43. The van der Waals surface area contributed by atoms with Gasteiger partial charge in [-0.1, -0.05) is 23.7 Å². The molecule has 2 aromatic carbocycles. The smallest absolute Gasteiger partial charge is 0.251 e. The van der Waals surface area contributed by atoms with Gasteiger partial charge in [0.2, 0.25) is 10.0 Å². The number of hydrogen-bond acceptors (Lipinski definition) is 4. The SMILES string of the molecule is Cc1ccc(C(=O)NCCSCc2c(F)cccc2Cl)cc1NS(C)(=O)=O. The van der Waals surface area contributed by atoms with E-state index >= 15 is 0 Å². The van der Waals surface area contributed by atoms with E-state index in [0.717, 1.165) is 6.26 Å². The van der Waals surface area contributed by atoms with Crippen molar-refractivity contribution < 1.29 is 17.6 Å². The Balaban J connectivity index is 1.86. The van der Waals surface area contributed by atoms with Gasteiger partial charge in [0, 0.05) is 34.2 Å². The highest BCUT2D eigenvalue weighted by atomic mass is 35.5. The molecule has 0 aliphatic heterocycles. The number of aryl methyl sites for hydroxylation is 1. The van der Waals surface area contributed by atoms with E-state index < -0.39 is 10.0 Å². The van der Waals surface area contributed by atoms with Crippen LogP contribution in [0.5, 0.6) is 0 Å². The normalized spacial score (nSPS) is 11.3. The molecule has 0 radical (unpaired) electrons. The molecule has 0 unspecified atom stereocenters. The van der Waals surface area contributed by atoms with Crippen LogP contribution >= 0.6 is 23.4 Å². The molecule has 0 fully saturated rings. The Morgan fingerprint density at radius 2 is 2.00 bits per heavy atom. The highest BCUT2D eigenvalue weighted by Gasteiger charge is 2.11. The fraction of sp³-hybridized carbons (Fsp3) is 0.278. The van der Waals surface area contributed by atoms with Crippen molar-refractivity contribution in [2.75, 3.05) is 23.3 Å². The first kappa shape index (κ1) is 21.5. The number of rotatable bonds is 8. The summed E-state index contributed by atoms with van der Waals surface area (Å²) >= 11 is 7.43. The number of anilines is 1. The molecule has 0 heterocycles. The molecule has 2 rings (SSSR count). The van der Waals surface area contributed by atoms with Crippen molar-refractivity contribution in [2.45, 2.75) is 12.7 Å². The zero-order valence-electron chi connectivity index (χ0n) is 14.9. The van der Waals surface area contributed by atoms with E-state index in [9.17, 15) is 17.6 Å². The van der Waals surface area contributed by atoms with Crippen molar-refractivity contribution in [3.05, 3.63) is 63.9 Å². The zero-order valence-corrected chi connectivity index (χ0v) is 17.3. The molecule has 0 aliphatic rings. The summed E-state index contributed by atoms with van der Waals surface area (Å²) in [4.78, 5) is 12.2. The van der Waals surface area contributed by atoms with Crippen LogP contribution in [0, 0.1) is 12.7 Å². The Hall–Kier alpha value is -1.77.